The number of H-pyrrole nitrogens is 1. The number of aromatic amines is 1. The molecule has 0 saturated carbocycles. The minimum atomic E-state index is -4.43. The molecule has 0 atom stereocenters. The van der Waals surface area contributed by atoms with E-state index in [9.17, 15) is 18.0 Å². The van der Waals surface area contributed by atoms with Crippen LogP contribution in [0.2, 0.25) is 0 Å². The zero-order chi connectivity index (χ0) is 22.6. The van der Waals surface area contributed by atoms with E-state index in [-0.39, 0.29) is 11.7 Å². The summed E-state index contributed by atoms with van der Waals surface area (Å²) < 4.78 is 51.2. The third-order valence-electron chi connectivity index (χ3n) is 4.47. The molecular formula is C20H21F3N3O3S2+. The number of fused-ring (bicyclic) bond motifs is 1. The molecule has 2 heterocycles. The number of esters is 1. The van der Waals surface area contributed by atoms with Gasteiger partial charge in [0.05, 0.1) is 31.2 Å². The molecule has 6 nitrogen and oxygen atoms in total. The summed E-state index contributed by atoms with van der Waals surface area (Å²) in [5, 5.41) is 0. The number of nitrogens with zero attached hydrogens (tertiary/aromatic N) is 2. The number of carbonyl (C=O) groups is 1. The molecule has 11 heteroatoms. The Morgan fingerprint density at radius 3 is 2.71 bits per heavy atom. The number of imidazole rings is 1. The number of aromatic nitrogens is 3. The number of alkyl halides is 3. The molecular weight excluding hydrogens is 451 g/mol. The van der Waals surface area contributed by atoms with Crippen LogP contribution in [0.25, 0.3) is 17.0 Å². The van der Waals surface area contributed by atoms with Crippen LogP contribution < -0.4 is 9.30 Å². The smallest absolute Gasteiger partial charge is 0.416 e. The highest BCUT2D eigenvalue weighted by Crippen LogP contribution is 2.32. The Bertz CT molecular complexity index is 1090. The van der Waals surface area contributed by atoms with E-state index in [1.807, 2.05) is 6.92 Å². The van der Waals surface area contributed by atoms with Gasteiger partial charge in [-0.05, 0) is 32.0 Å². The molecule has 31 heavy (non-hydrogen) atoms. The molecule has 0 aliphatic rings. The van der Waals surface area contributed by atoms with Gasteiger partial charge in [-0.25, -0.2) is 9.55 Å². The number of ether oxygens (including phenoxy) is 2. The van der Waals surface area contributed by atoms with E-state index >= 15 is 0 Å². The van der Waals surface area contributed by atoms with Gasteiger partial charge in [-0.3, -0.25) is 4.79 Å². The van der Waals surface area contributed by atoms with Crippen molar-refractivity contribution in [3.8, 4) is 11.7 Å². The molecule has 3 aromatic rings. The second kappa shape index (κ2) is 9.82. The minimum absolute atomic E-state index is 0.215. The topological polar surface area (TPSA) is 68.1 Å². The summed E-state index contributed by atoms with van der Waals surface area (Å²) in [5.74, 6) is 1.52. The molecule has 0 radical (unpaired) electrons. The normalized spacial score (nSPS) is 11.7. The van der Waals surface area contributed by atoms with Gasteiger partial charge >= 0.3 is 18.1 Å². The van der Waals surface area contributed by atoms with Crippen LogP contribution in [0.15, 0.2) is 30.5 Å². The van der Waals surface area contributed by atoms with Gasteiger partial charge < -0.3 is 9.47 Å². The maximum atomic E-state index is 13.0. The molecule has 0 aliphatic heterocycles. The highest BCUT2D eigenvalue weighted by atomic mass is 33.1. The molecule has 3 rings (SSSR count). The van der Waals surface area contributed by atoms with Crippen molar-refractivity contribution >= 4 is 38.6 Å². The van der Waals surface area contributed by atoms with Crippen molar-refractivity contribution in [1.29, 1.82) is 0 Å². The standard InChI is InChI=1S/C20H21F3N3O3S2/c1-4-29-18(27)11-31-30-10-16-12(2)17(28-3)7-8-26(16)19-24-14-6-5-13(20(21,22)23)9-15(14)25-19/h5-9H,4,10-11H2,1-3H3,(H,24,25)/q+1. The van der Waals surface area contributed by atoms with Crippen LogP contribution in [-0.2, 0) is 21.5 Å². The van der Waals surface area contributed by atoms with Crippen LogP contribution >= 0.6 is 21.6 Å². The largest absolute Gasteiger partial charge is 0.496 e. The highest BCUT2D eigenvalue weighted by molar-refractivity contribution is 8.76. The summed E-state index contributed by atoms with van der Waals surface area (Å²) in [5.41, 5.74) is 1.69. The van der Waals surface area contributed by atoms with Crippen molar-refractivity contribution < 1.29 is 32.0 Å². The lowest BCUT2D eigenvalue weighted by Crippen LogP contribution is -2.37. The fourth-order valence-electron chi connectivity index (χ4n) is 2.95. The van der Waals surface area contributed by atoms with Crippen molar-refractivity contribution in [3.05, 3.63) is 47.3 Å². The first-order valence-electron chi connectivity index (χ1n) is 9.30. The van der Waals surface area contributed by atoms with Gasteiger partial charge in [0.1, 0.15) is 22.7 Å². The first kappa shape index (κ1) is 23.3. The lowest BCUT2D eigenvalue weighted by molar-refractivity contribution is -0.610. The van der Waals surface area contributed by atoms with Crippen molar-refractivity contribution in [2.75, 3.05) is 19.5 Å². The highest BCUT2D eigenvalue weighted by Gasteiger charge is 2.32. The van der Waals surface area contributed by atoms with Gasteiger partial charge in [-0.15, -0.1) is 0 Å². The molecule has 0 amide bonds. The van der Waals surface area contributed by atoms with Crippen molar-refractivity contribution in [1.82, 2.24) is 9.97 Å². The Morgan fingerprint density at radius 1 is 1.26 bits per heavy atom. The average Bonchev–Trinajstić information content (AvgIpc) is 3.14. The van der Waals surface area contributed by atoms with Gasteiger partial charge in [0.25, 0.3) is 0 Å². The molecule has 0 aliphatic carbocycles. The Balaban J connectivity index is 1.91. The fraction of sp³-hybridized carbons (Fsp3) is 0.350. The van der Waals surface area contributed by atoms with E-state index in [2.05, 4.69) is 9.97 Å². The monoisotopic (exact) mass is 472 g/mol. The van der Waals surface area contributed by atoms with E-state index in [1.165, 1.54) is 27.7 Å². The second-order valence-electron chi connectivity index (χ2n) is 6.45. The number of benzene rings is 1. The molecule has 0 saturated heterocycles. The first-order chi connectivity index (χ1) is 14.7. The van der Waals surface area contributed by atoms with Crippen molar-refractivity contribution in [2.45, 2.75) is 25.8 Å². The lowest BCUT2D eigenvalue weighted by atomic mass is 10.2. The summed E-state index contributed by atoms with van der Waals surface area (Å²) in [6, 6.07) is 5.17. The number of carbonyl (C=O) groups excluding carboxylic acids is 1. The first-order valence-corrected chi connectivity index (χ1v) is 11.8. The maximum Gasteiger partial charge on any atom is 0.416 e. The molecule has 2 aromatic heterocycles. The van der Waals surface area contributed by atoms with Crippen LogP contribution in [0.4, 0.5) is 13.2 Å². The summed E-state index contributed by atoms with van der Waals surface area (Å²) in [4.78, 5) is 19.0. The second-order valence-corrected chi connectivity index (χ2v) is 8.91. The summed E-state index contributed by atoms with van der Waals surface area (Å²) in [6.07, 6.45) is -2.68. The third-order valence-corrected chi connectivity index (χ3v) is 6.59. The summed E-state index contributed by atoms with van der Waals surface area (Å²) in [6.45, 7) is 3.98. The van der Waals surface area contributed by atoms with Crippen LogP contribution in [0, 0.1) is 6.92 Å². The van der Waals surface area contributed by atoms with E-state index < -0.39 is 11.7 Å². The van der Waals surface area contributed by atoms with Crippen LogP contribution in [0.5, 0.6) is 5.75 Å². The van der Waals surface area contributed by atoms with E-state index in [4.69, 9.17) is 9.47 Å². The van der Waals surface area contributed by atoms with Crippen molar-refractivity contribution in [3.63, 3.8) is 0 Å². The summed E-state index contributed by atoms with van der Waals surface area (Å²) >= 11 is 0. The van der Waals surface area contributed by atoms with Crippen molar-refractivity contribution in [2.24, 2.45) is 0 Å². The van der Waals surface area contributed by atoms with Gasteiger partial charge in [0.2, 0.25) is 0 Å². The van der Waals surface area contributed by atoms with Crippen LogP contribution in [0.3, 0.4) is 0 Å². The number of hydrogen-bond donors (Lipinski definition) is 1. The van der Waals surface area contributed by atoms with Gasteiger partial charge in [-0.1, -0.05) is 26.6 Å². The Kier molecular flexibility index (Phi) is 7.37. The molecule has 1 N–H and O–H groups in total. The SMILES string of the molecule is CCOC(=O)CSSCc1c(C)c(OC)cc[n+]1-c1nc2ccc(C(F)(F)F)cc2[nH]1. The Hall–Kier alpha value is -2.40. The van der Waals surface area contributed by atoms with E-state index in [0.29, 0.717) is 35.1 Å². The average molecular weight is 473 g/mol. The predicted octanol–water partition coefficient (Wildman–Crippen LogP) is 4.62. The minimum Gasteiger partial charge on any atom is -0.496 e. The van der Waals surface area contributed by atoms with Gasteiger partial charge in [-0.2, -0.15) is 13.2 Å². The molecule has 0 bridgehead atoms. The maximum absolute atomic E-state index is 13.0. The number of halogens is 3. The molecule has 0 spiro atoms. The zero-order valence-corrected chi connectivity index (χ0v) is 18.7. The Labute approximate surface area is 184 Å². The Morgan fingerprint density at radius 2 is 2.03 bits per heavy atom. The molecule has 166 valence electrons. The third kappa shape index (κ3) is 5.45. The van der Waals surface area contributed by atoms with Gasteiger partial charge in [0.15, 0.2) is 5.52 Å². The quantitative estimate of drug-likeness (QED) is 0.223. The zero-order valence-electron chi connectivity index (χ0n) is 17.1. The fourth-order valence-corrected chi connectivity index (χ4v) is 4.89. The number of hydrogen-bond acceptors (Lipinski definition) is 6. The number of pyridine rings is 1. The number of nitrogens with one attached hydrogen (secondary N) is 1. The van der Waals surface area contributed by atoms with Crippen LogP contribution in [0.1, 0.15) is 23.7 Å². The predicted molar refractivity (Wildman–Crippen MR) is 114 cm³/mol. The summed E-state index contributed by atoms with van der Waals surface area (Å²) in [7, 11) is 4.40. The molecule has 0 fully saturated rings. The molecule has 0 unspecified atom stereocenters. The lowest BCUT2D eigenvalue weighted by Gasteiger charge is -2.12. The van der Waals surface area contributed by atoms with Crippen LogP contribution in [-0.4, -0.2) is 35.4 Å². The van der Waals surface area contributed by atoms with E-state index in [0.717, 1.165) is 23.4 Å². The molecule has 1 aromatic carbocycles. The van der Waals surface area contributed by atoms with Gasteiger partial charge in [0, 0.05) is 11.6 Å². The number of rotatable bonds is 8. The number of methoxy groups -OCH3 is 1. The van der Waals surface area contributed by atoms with E-state index in [1.54, 1.807) is 30.9 Å².